The molecular formula is C17H24O3. The summed E-state index contributed by atoms with van der Waals surface area (Å²) in [6.07, 6.45) is 7.06. The van der Waals surface area contributed by atoms with Gasteiger partial charge in [-0.3, -0.25) is 4.79 Å². The molecule has 1 aromatic rings. The molecular weight excluding hydrogens is 252 g/mol. The summed E-state index contributed by atoms with van der Waals surface area (Å²) in [7, 11) is 0. The molecule has 1 aliphatic carbocycles. The number of rotatable bonds is 8. The lowest BCUT2D eigenvalue weighted by atomic mass is 10.1. The lowest BCUT2D eigenvalue weighted by Crippen LogP contribution is -2.04. The van der Waals surface area contributed by atoms with Gasteiger partial charge in [0, 0.05) is 6.42 Å². The number of aryl methyl sites for hydroxylation is 2. The van der Waals surface area contributed by atoms with E-state index in [-0.39, 0.29) is 5.97 Å². The van der Waals surface area contributed by atoms with Crippen molar-refractivity contribution in [3.05, 3.63) is 29.3 Å². The molecule has 0 heterocycles. The minimum atomic E-state index is -0.0907. The first-order valence-electron chi connectivity index (χ1n) is 7.70. The molecule has 3 nitrogen and oxygen atoms in total. The summed E-state index contributed by atoms with van der Waals surface area (Å²) in [4.78, 5) is 11.2. The Balaban J connectivity index is 1.58. The lowest BCUT2D eigenvalue weighted by Gasteiger charge is -2.08. The predicted molar refractivity (Wildman–Crippen MR) is 79.1 cm³/mol. The van der Waals surface area contributed by atoms with Gasteiger partial charge < -0.3 is 9.47 Å². The van der Waals surface area contributed by atoms with Gasteiger partial charge in [0.15, 0.2) is 0 Å². The number of unbranched alkanes of at least 4 members (excludes halogenated alkanes) is 2. The summed E-state index contributed by atoms with van der Waals surface area (Å²) in [5, 5.41) is 0. The molecule has 0 spiro atoms. The Bertz CT molecular complexity index is 440. The summed E-state index contributed by atoms with van der Waals surface area (Å²) < 4.78 is 10.7. The Kier molecular flexibility index (Phi) is 5.90. The van der Waals surface area contributed by atoms with Crippen molar-refractivity contribution in [3.8, 4) is 5.75 Å². The topological polar surface area (TPSA) is 35.5 Å². The number of ether oxygens (including phenoxy) is 2. The normalized spacial score (nSPS) is 13.1. The monoisotopic (exact) mass is 276 g/mol. The van der Waals surface area contributed by atoms with E-state index in [0.717, 1.165) is 31.6 Å². The average molecular weight is 276 g/mol. The first-order valence-corrected chi connectivity index (χ1v) is 7.70. The zero-order chi connectivity index (χ0) is 14.2. The first kappa shape index (κ1) is 14.9. The van der Waals surface area contributed by atoms with Crippen molar-refractivity contribution in [2.75, 3.05) is 13.2 Å². The lowest BCUT2D eigenvalue weighted by molar-refractivity contribution is -0.143. The van der Waals surface area contributed by atoms with Crippen LogP contribution in [0.4, 0.5) is 0 Å². The van der Waals surface area contributed by atoms with Crippen molar-refractivity contribution in [1.82, 2.24) is 0 Å². The van der Waals surface area contributed by atoms with Gasteiger partial charge in [0.2, 0.25) is 0 Å². The van der Waals surface area contributed by atoms with Gasteiger partial charge >= 0.3 is 5.97 Å². The van der Waals surface area contributed by atoms with Crippen molar-refractivity contribution in [1.29, 1.82) is 0 Å². The summed E-state index contributed by atoms with van der Waals surface area (Å²) in [6, 6.07) is 6.45. The van der Waals surface area contributed by atoms with Crippen LogP contribution in [0.15, 0.2) is 18.2 Å². The maximum absolute atomic E-state index is 11.2. The molecule has 2 rings (SSSR count). The van der Waals surface area contributed by atoms with Crippen molar-refractivity contribution in [2.45, 2.75) is 51.9 Å². The van der Waals surface area contributed by atoms with Crippen LogP contribution in [0.2, 0.25) is 0 Å². The Morgan fingerprint density at radius 3 is 2.85 bits per heavy atom. The van der Waals surface area contributed by atoms with E-state index in [4.69, 9.17) is 9.47 Å². The van der Waals surface area contributed by atoms with Crippen LogP contribution >= 0.6 is 0 Å². The van der Waals surface area contributed by atoms with Crippen LogP contribution in [0.5, 0.6) is 5.75 Å². The molecule has 0 bridgehead atoms. The van der Waals surface area contributed by atoms with Gasteiger partial charge in [0.25, 0.3) is 0 Å². The highest BCUT2D eigenvalue weighted by molar-refractivity contribution is 5.69. The largest absolute Gasteiger partial charge is 0.494 e. The number of carbonyl (C=O) groups excluding carboxylic acids is 1. The smallest absolute Gasteiger partial charge is 0.305 e. The van der Waals surface area contributed by atoms with Gasteiger partial charge in [-0.25, -0.2) is 0 Å². The van der Waals surface area contributed by atoms with E-state index < -0.39 is 0 Å². The molecule has 0 N–H and O–H groups in total. The highest BCUT2D eigenvalue weighted by atomic mass is 16.5. The molecule has 0 unspecified atom stereocenters. The third kappa shape index (κ3) is 4.55. The van der Waals surface area contributed by atoms with Crippen molar-refractivity contribution < 1.29 is 14.3 Å². The van der Waals surface area contributed by atoms with Crippen LogP contribution < -0.4 is 4.74 Å². The van der Waals surface area contributed by atoms with Crippen LogP contribution in [0.25, 0.3) is 0 Å². The third-order valence-corrected chi connectivity index (χ3v) is 3.67. The molecule has 0 amide bonds. The van der Waals surface area contributed by atoms with Crippen molar-refractivity contribution >= 4 is 5.97 Å². The van der Waals surface area contributed by atoms with E-state index in [1.54, 1.807) is 0 Å². The van der Waals surface area contributed by atoms with Gasteiger partial charge in [-0.15, -0.1) is 0 Å². The first-order chi connectivity index (χ1) is 9.79. The molecule has 0 saturated carbocycles. The highest BCUT2D eigenvalue weighted by Crippen LogP contribution is 2.26. The molecule has 0 aliphatic heterocycles. The standard InChI is InChI=1S/C17H24O3/c1-2-19-17(18)9-4-3-5-12-20-16-11-10-14-7-6-8-15(14)13-16/h10-11,13H,2-9,12H2,1H3. The Morgan fingerprint density at radius 1 is 1.15 bits per heavy atom. The SMILES string of the molecule is CCOC(=O)CCCCCOc1ccc2c(c1)CCC2. The number of hydrogen-bond donors (Lipinski definition) is 0. The Hall–Kier alpha value is -1.51. The number of esters is 1. The van der Waals surface area contributed by atoms with Crippen LogP contribution in [0.3, 0.4) is 0 Å². The van der Waals surface area contributed by atoms with Crippen molar-refractivity contribution in [2.24, 2.45) is 0 Å². The molecule has 0 radical (unpaired) electrons. The molecule has 1 aliphatic rings. The molecule has 110 valence electrons. The van der Waals surface area contributed by atoms with Gasteiger partial charge in [-0.2, -0.15) is 0 Å². The van der Waals surface area contributed by atoms with E-state index in [2.05, 4.69) is 18.2 Å². The fourth-order valence-electron chi connectivity index (χ4n) is 2.61. The fourth-order valence-corrected chi connectivity index (χ4v) is 2.61. The van der Waals surface area contributed by atoms with Gasteiger partial charge in [-0.05, 0) is 68.7 Å². The molecule has 1 aromatic carbocycles. The van der Waals surface area contributed by atoms with E-state index in [9.17, 15) is 4.79 Å². The van der Waals surface area contributed by atoms with Crippen molar-refractivity contribution in [3.63, 3.8) is 0 Å². The average Bonchev–Trinajstić information content (AvgIpc) is 2.90. The summed E-state index contributed by atoms with van der Waals surface area (Å²) in [5.41, 5.74) is 2.93. The third-order valence-electron chi connectivity index (χ3n) is 3.67. The second-order valence-corrected chi connectivity index (χ2v) is 5.25. The minimum Gasteiger partial charge on any atom is -0.494 e. The molecule has 20 heavy (non-hydrogen) atoms. The molecule has 0 fully saturated rings. The van der Waals surface area contributed by atoms with Crippen LogP contribution in [0.1, 0.15) is 50.2 Å². The van der Waals surface area contributed by atoms with E-state index in [1.165, 1.54) is 30.4 Å². The Labute approximate surface area is 121 Å². The van der Waals surface area contributed by atoms with E-state index >= 15 is 0 Å². The number of carbonyl (C=O) groups is 1. The summed E-state index contributed by atoms with van der Waals surface area (Å²) in [5.74, 6) is 0.892. The predicted octanol–water partition coefficient (Wildman–Crippen LogP) is 3.68. The molecule has 0 saturated heterocycles. The quantitative estimate of drug-likeness (QED) is 0.537. The van der Waals surface area contributed by atoms with E-state index in [1.807, 2.05) is 6.92 Å². The number of fused-ring (bicyclic) bond motifs is 1. The summed E-state index contributed by atoms with van der Waals surface area (Å²) >= 11 is 0. The Morgan fingerprint density at radius 2 is 2.00 bits per heavy atom. The second-order valence-electron chi connectivity index (χ2n) is 5.25. The zero-order valence-electron chi connectivity index (χ0n) is 12.3. The maximum Gasteiger partial charge on any atom is 0.305 e. The zero-order valence-corrected chi connectivity index (χ0v) is 12.3. The van der Waals surface area contributed by atoms with Crippen LogP contribution in [-0.4, -0.2) is 19.2 Å². The highest BCUT2D eigenvalue weighted by Gasteiger charge is 2.10. The molecule has 3 heteroatoms. The van der Waals surface area contributed by atoms with E-state index in [0.29, 0.717) is 13.0 Å². The molecule has 0 aromatic heterocycles. The fraction of sp³-hybridized carbons (Fsp3) is 0.588. The van der Waals surface area contributed by atoms with Gasteiger partial charge in [0.1, 0.15) is 5.75 Å². The second kappa shape index (κ2) is 7.93. The molecule has 0 atom stereocenters. The summed E-state index contributed by atoms with van der Waals surface area (Å²) in [6.45, 7) is 3.03. The van der Waals surface area contributed by atoms with Gasteiger partial charge in [0.05, 0.1) is 13.2 Å². The number of hydrogen-bond acceptors (Lipinski definition) is 3. The number of benzene rings is 1. The minimum absolute atomic E-state index is 0.0907. The van der Waals surface area contributed by atoms with Crippen LogP contribution in [0, 0.1) is 0 Å². The maximum atomic E-state index is 11.2. The van der Waals surface area contributed by atoms with Crippen LogP contribution in [-0.2, 0) is 22.4 Å². The van der Waals surface area contributed by atoms with Gasteiger partial charge in [-0.1, -0.05) is 6.07 Å².